The van der Waals surface area contributed by atoms with Crippen molar-refractivity contribution in [2.24, 2.45) is 0 Å². The van der Waals surface area contributed by atoms with Gasteiger partial charge in [0.25, 0.3) is 0 Å². The summed E-state index contributed by atoms with van der Waals surface area (Å²) in [6.07, 6.45) is -3.28. The molecule has 0 saturated carbocycles. The third kappa shape index (κ3) is 3.47. The number of hydrogen-bond donors (Lipinski definition) is 1. The van der Waals surface area contributed by atoms with E-state index in [0.29, 0.717) is 12.2 Å². The van der Waals surface area contributed by atoms with E-state index in [1.807, 2.05) is 6.92 Å². The van der Waals surface area contributed by atoms with E-state index in [2.05, 4.69) is 21.0 Å². The molecular formula is C14H14BrF3N2O. The Hall–Kier alpha value is -1.34. The number of aliphatic hydroxyl groups is 1. The summed E-state index contributed by atoms with van der Waals surface area (Å²) in [5, 5.41) is 14.4. The summed E-state index contributed by atoms with van der Waals surface area (Å²) < 4.78 is 40.3. The second-order valence-corrected chi connectivity index (χ2v) is 5.47. The van der Waals surface area contributed by atoms with Crippen molar-refractivity contribution in [1.29, 1.82) is 0 Å². The molecule has 0 spiro atoms. The molecule has 0 aliphatic heterocycles. The fraction of sp³-hybridized carbons (Fsp3) is 0.357. The third-order valence-corrected chi connectivity index (χ3v) is 3.77. The van der Waals surface area contributed by atoms with Crippen LogP contribution in [0.15, 0.2) is 34.9 Å². The van der Waals surface area contributed by atoms with E-state index in [4.69, 9.17) is 0 Å². The monoisotopic (exact) mass is 362 g/mol. The molecule has 2 aromatic rings. The zero-order chi connectivity index (χ0) is 15.6. The Kier molecular flexibility index (Phi) is 4.73. The summed E-state index contributed by atoms with van der Waals surface area (Å²) in [7, 11) is 0. The van der Waals surface area contributed by atoms with Gasteiger partial charge in [-0.3, -0.25) is 4.68 Å². The highest BCUT2D eigenvalue weighted by Gasteiger charge is 2.33. The molecule has 0 amide bonds. The van der Waals surface area contributed by atoms with E-state index in [-0.39, 0.29) is 10.0 Å². The van der Waals surface area contributed by atoms with E-state index < -0.39 is 17.8 Å². The van der Waals surface area contributed by atoms with Crippen LogP contribution in [0.4, 0.5) is 13.2 Å². The van der Waals surface area contributed by atoms with Crippen molar-refractivity contribution in [2.75, 3.05) is 0 Å². The predicted octanol–water partition coefficient (Wildman–Crippen LogP) is 4.16. The molecule has 1 aromatic heterocycles. The summed E-state index contributed by atoms with van der Waals surface area (Å²) in [5.74, 6) is 0. The van der Waals surface area contributed by atoms with Crippen molar-refractivity contribution in [1.82, 2.24) is 9.78 Å². The van der Waals surface area contributed by atoms with E-state index in [1.165, 1.54) is 18.3 Å². The highest BCUT2D eigenvalue weighted by Crippen LogP contribution is 2.37. The molecule has 1 heterocycles. The first-order chi connectivity index (χ1) is 9.84. The van der Waals surface area contributed by atoms with E-state index in [9.17, 15) is 18.3 Å². The lowest BCUT2D eigenvalue weighted by Gasteiger charge is -2.16. The van der Waals surface area contributed by atoms with Crippen molar-refractivity contribution in [3.05, 3.63) is 51.8 Å². The van der Waals surface area contributed by atoms with E-state index in [0.717, 1.165) is 12.5 Å². The quantitative estimate of drug-likeness (QED) is 0.886. The standard InChI is InChI=1S/C14H14BrF3N2O/c1-2-7-20-12(5-6-19-20)13(21)9-3-4-11(15)10(8-9)14(16,17)18/h3-6,8,13,21H,2,7H2,1H3. The SMILES string of the molecule is CCCn1nccc1C(O)c1ccc(Br)c(C(F)(F)F)c1. The molecule has 2 rings (SSSR count). The molecule has 1 atom stereocenters. The molecule has 7 heteroatoms. The number of rotatable bonds is 4. The maximum atomic E-state index is 12.9. The van der Waals surface area contributed by atoms with Gasteiger partial charge in [-0.1, -0.05) is 28.9 Å². The molecular weight excluding hydrogens is 349 g/mol. The Labute approximate surface area is 128 Å². The molecule has 0 aliphatic rings. The Morgan fingerprint density at radius 2 is 2.05 bits per heavy atom. The fourth-order valence-electron chi connectivity index (χ4n) is 2.07. The van der Waals surface area contributed by atoms with Crippen LogP contribution in [-0.4, -0.2) is 14.9 Å². The van der Waals surface area contributed by atoms with Gasteiger partial charge in [0.15, 0.2) is 0 Å². The summed E-state index contributed by atoms with van der Waals surface area (Å²) in [4.78, 5) is 0. The lowest BCUT2D eigenvalue weighted by molar-refractivity contribution is -0.138. The molecule has 21 heavy (non-hydrogen) atoms. The van der Waals surface area contributed by atoms with Crippen LogP contribution in [0.1, 0.15) is 36.3 Å². The molecule has 1 unspecified atom stereocenters. The van der Waals surface area contributed by atoms with Crippen LogP contribution in [0.2, 0.25) is 0 Å². The maximum Gasteiger partial charge on any atom is 0.417 e. The van der Waals surface area contributed by atoms with Gasteiger partial charge in [0, 0.05) is 17.2 Å². The molecule has 0 bridgehead atoms. The van der Waals surface area contributed by atoms with Crippen molar-refractivity contribution >= 4 is 15.9 Å². The second-order valence-electron chi connectivity index (χ2n) is 4.62. The van der Waals surface area contributed by atoms with Gasteiger partial charge in [-0.05, 0) is 30.2 Å². The minimum absolute atomic E-state index is 0.0481. The average Bonchev–Trinajstić information content (AvgIpc) is 2.86. The number of aromatic nitrogens is 2. The van der Waals surface area contributed by atoms with E-state index in [1.54, 1.807) is 10.7 Å². The van der Waals surface area contributed by atoms with Crippen molar-refractivity contribution in [2.45, 2.75) is 32.2 Å². The lowest BCUT2D eigenvalue weighted by Crippen LogP contribution is -2.12. The van der Waals surface area contributed by atoms with Gasteiger partial charge in [-0.25, -0.2) is 0 Å². The zero-order valence-electron chi connectivity index (χ0n) is 11.2. The maximum absolute atomic E-state index is 12.9. The second kappa shape index (κ2) is 6.19. The number of hydrogen-bond acceptors (Lipinski definition) is 2. The summed E-state index contributed by atoms with van der Waals surface area (Å²) in [5.41, 5.74) is -0.142. The van der Waals surface area contributed by atoms with Crippen LogP contribution in [-0.2, 0) is 12.7 Å². The molecule has 3 nitrogen and oxygen atoms in total. The van der Waals surface area contributed by atoms with Crippen LogP contribution in [0.3, 0.4) is 0 Å². The van der Waals surface area contributed by atoms with Gasteiger partial charge in [-0.2, -0.15) is 18.3 Å². The van der Waals surface area contributed by atoms with Gasteiger partial charge in [-0.15, -0.1) is 0 Å². The Morgan fingerprint density at radius 3 is 2.67 bits per heavy atom. The van der Waals surface area contributed by atoms with Gasteiger partial charge >= 0.3 is 6.18 Å². The van der Waals surface area contributed by atoms with Crippen LogP contribution < -0.4 is 0 Å². The fourth-order valence-corrected chi connectivity index (χ4v) is 2.55. The number of aliphatic hydroxyl groups excluding tert-OH is 1. The Bertz CT molecular complexity index is 625. The number of alkyl halides is 3. The van der Waals surface area contributed by atoms with Gasteiger partial charge in [0.05, 0.1) is 11.3 Å². The predicted molar refractivity (Wildman–Crippen MR) is 75.7 cm³/mol. The molecule has 1 N–H and O–H groups in total. The minimum atomic E-state index is -4.47. The first kappa shape index (κ1) is 16.0. The average molecular weight is 363 g/mol. The highest BCUT2D eigenvalue weighted by atomic mass is 79.9. The first-order valence-corrected chi connectivity index (χ1v) is 7.20. The number of nitrogens with zero attached hydrogens (tertiary/aromatic N) is 2. The van der Waals surface area contributed by atoms with Crippen LogP contribution in [0.5, 0.6) is 0 Å². The first-order valence-electron chi connectivity index (χ1n) is 6.41. The van der Waals surface area contributed by atoms with Crippen molar-refractivity contribution in [3.63, 3.8) is 0 Å². The van der Waals surface area contributed by atoms with Crippen LogP contribution in [0, 0.1) is 0 Å². The topological polar surface area (TPSA) is 38.0 Å². The van der Waals surface area contributed by atoms with Gasteiger partial charge < -0.3 is 5.11 Å². The molecule has 0 radical (unpaired) electrons. The van der Waals surface area contributed by atoms with Crippen molar-refractivity contribution < 1.29 is 18.3 Å². The number of aryl methyl sites for hydroxylation is 1. The molecule has 0 fully saturated rings. The normalized spacial score (nSPS) is 13.4. The number of halogens is 4. The molecule has 0 aliphatic carbocycles. The molecule has 1 aromatic carbocycles. The van der Waals surface area contributed by atoms with Gasteiger partial charge in [0.2, 0.25) is 0 Å². The van der Waals surface area contributed by atoms with Gasteiger partial charge in [0.1, 0.15) is 6.10 Å². The minimum Gasteiger partial charge on any atom is -0.382 e. The van der Waals surface area contributed by atoms with Crippen LogP contribution >= 0.6 is 15.9 Å². The third-order valence-electron chi connectivity index (χ3n) is 3.08. The summed E-state index contributed by atoms with van der Waals surface area (Å²) in [6, 6.07) is 5.32. The van der Waals surface area contributed by atoms with Crippen LogP contribution in [0.25, 0.3) is 0 Å². The Balaban J connectivity index is 2.40. The van der Waals surface area contributed by atoms with E-state index >= 15 is 0 Å². The summed E-state index contributed by atoms with van der Waals surface area (Å²) in [6.45, 7) is 2.56. The number of benzene rings is 1. The zero-order valence-corrected chi connectivity index (χ0v) is 12.8. The Morgan fingerprint density at radius 1 is 1.33 bits per heavy atom. The summed E-state index contributed by atoms with van der Waals surface area (Å²) >= 11 is 2.88. The largest absolute Gasteiger partial charge is 0.417 e. The smallest absolute Gasteiger partial charge is 0.382 e. The molecule has 114 valence electrons. The highest BCUT2D eigenvalue weighted by molar-refractivity contribution is 9.10. The molecule has 0 saturated heterocycles. The van der Waals surface area contributed by atoms with Crippen molar-refractivity contribution in [3.8, 4) is 0 Å². The lowest BCUT2D eigenvalue weighted by atomic mass is 10.0.